The SMILES string of the molecule is Cc1cc(C(=O)NCc2cc(-c3ccncc3)n(C)n2)c(C)o1. The van der Waals surface area contributed by atoms with Crippen molar-refractivity contribution in [3.63, 3.8) is 0 Å². The molecule has 1 N–H and O–H groups in total. The number of rotatable bonds is 4. The van der Waals surface area contributed by atoms with Gasteiger partial charge in [-0.05, 0) is 38.1 Å². The average molecular weight is 310 g/mol. The second kappa shape index (κ2) is 6.08. The predicted molar refractivity (Wildman–Crippen MR) is 85.8 cm³/mol. The fraction of sp³-hybridized carbons (Fsp3) is 0.235. The zero-order valence-electron chi connectivity index (χ0n) is 13.3. The topological polar surface area (TPSA) is 73.0 Å². The van der Waals surface area contributed by atoms with Crippen molar-refractivity contribution < 1.29 is 9.21 Å². The first-order chi connectivity index (χ1) is 11.0. The number of nitrogens with one attached hydrogen (secondary N) is 1. The third kappa shape index (κ3) is 3.15. The first-order valence-corrected chi connectivity index (χ1v) is 7.33. The summed E-state index contributed by atoms with van der Waals surface area (Å²) >= 11 is 0. The van der Waals surface area contributed by atoms with Crippen molar-refractivity contribution in [3.05, 3.63) is 59.4 Å². The van der Waals surface area contributed by atoms with E-state index in [1.165, 1.54) is 0 Å². The highest BCUT2D eigenvalue weighted by molar-refractivity contribution is 5.95. The predicted octanol–water partition coefficient (Wildman–Crippen LogP) is 2.62. The van der Waals surface area contributed by atoms with Gasteiger partial charge >= 0.3 is 0 Å². The summed E-state index contributed by atoms with van der Waals surface area (Å²) in [5.41, 5.74) is 3.37. The van der Waals surface area contributed by atoms with Crippen molar-refractivity contribution in [3.8, 4) is 11.3 Å². The molecule has 0 saturated carbocycles. The van der Waals surface area contributed by atoms with Gasteiger partial charge in [-0.3, -0.25) is 14.5 Å². The summed E-state index contributed by atoms with van der Waals surface area (Å²) in [5.74, 6) is 1.19. The van der Waals surface area contributed by atoms with E-state index in [0.717, 1.165) is 22.7 Å². The van der Waals surface area contributed by atoms with Gasteiger partial charge in [-0.15, -0.1) is 0 Å². The number of carbonyl (C=O) groups excluding carboxylic acids is 1. The van der Waals surface area contributed by atoms with Crippen molar-refractivity contribution in [1.82, 2.24) is 20.1 Å². The largest absolute Gasteiger partial charge is 0.466 e. The molecular weight excluding hydrogens is 292 g/mol. The third-order valence-corrected chi connectivity index (χ3v) is 3.62. The van der Waals surface area contributed by atoms with Crippen LogP contribution in [-0.4, -0.2) is 20.7 Å². The van der Waals surface area contributed by atoms with E-state index in [0.29, 0.717) is 17.9 Å². The monoisotopic (exact) mass is 310 g/mol. The van der Waals surface area contributed by atoms with Crippen LogP contribution in [0.3, 0.4) is 0 Å². The molecule has 3 rings (SSSR count). The maximum Gasteiger partial charge on any atom is 0.255 e. The Morgan fingerprint density at radius 1 is 1.26 bits per heavy atom. The Balaban J connectivity index is 1.72. The summed E-state index contributed by atoms with van der Waals surface area (Å²) in [4.78, 5) is 16.2. The smallest absolute Gasteiger partial charge is 0.255 e. The van der Waals surface area contributed by atoms with E-state index in [1.807, 2.05) is 32.2 Å². The van der Waals surface area contributed by atoms with Crippen molar-refractivity contribution >= 4 is 5.91 Å². The summed E-state index contributed by atoms with van der Waals surface area (Å²) in [5, 5.41) is 7.31. The fourth-order valence-electron chi connectivity index (χ4n) is 2.53. The number of pyridine rings is 1. The van der Waals surface area contributed by atoms with Crippen LogP contribution >= 0.6 is 0 Å². The Hall–Kier alpha value is -2.89. The molecule has 0 bridgehead atoms. The van der Waals surface area contributed by atoms with Crippen LogP contribution < -0.4 is 5.32 Å². The van der Waals surface area contributed by atoms with Crippen LogP contribution in [0.1, 0.15) is 27.6 Å². The van der Waals surface area contributed by atoms with E-state index in [2.05, 4.69) is 15.4 Å². The first-order valence-electron chi connectivity index (χ1n) is 7.33. The maximum atomic E-state index is 12.2. The van der Waals surface area contributed by atoms with E-state index in [9.17, 15) is 4.79 Å². The third-order valence-electron chi connectivity index (χ3n) is 3.62. The van der Waals surface area contributed by atoms with E-state index in [4.69, 9.17) is 4.42 Å². The van der Waals surface area contributed by atoms with E-state index in [-0.39, 0.29) is 5.91 Å². The van der Waals surface area contributed by atoms with Gasteiger partial charge < -0.3 is 9.73 Å². The Bertz CT molecular complexity index is 834. The molecule has 0 aliphatic carbocycles. The normalized spacial score (nSPS) is 10.7. The van der Waals surface area contributed by atoms with Crippen LogP contribution in [0.15, 0.2) is 41.1 Å². The van der Waals surface area contributed by atoms with Crippen LogP contribution in [0, 0.1) is 13.8 Å². The lowest BCUT2D eigenvalue weighted by molar-refractivity contribution is 0.0949. The molecular formula is C17H18N4O2. The molecule has 0 fully saturated rings. The molecule has 3 heterocycles. The molecule has 118 valence electrons. The van der Waals surface area contributed by atoms with Gasteiger partial charge in [0.2, 0.25) is 0 Å². The van der Waals surface area contributed by atoms with Gasteiger partial charge in [-0.25, -0.2) is 0 Å². The Morgan fingerprint density at radius 2 is 2.00 bits per heavy atom. The minimum atomic E-state index is -0.157. The molecule has 0 spiro atoms. The van der Waals surface area contributed by atoms with Crippen LogP contribution in [0.5, 0.6) is 0 Å². The molecule has 6 nitrogen and oxygen atoms in total. The Kier molecular flexibility index (Phi) is 3.97. The fourth-order valence-corrected chi connectivity index (χ4v) is 2.53. The van der Waals surface area contributed by atoms with Crippen LogP contribution in [0.4, 0.5) is 0 Å². The highest BCUT2D eigenvalue weighted by atomic mass is 16.3. The highest BCUT2D eigenvalue weighted by Crippen LogP contribution is 2.19. The van der Waals surface area contributed by atoms with Crippen molar-refractivity contribution in [2.45, 2.75) is 20.4 Å². The van der Waals surface area contributed by atoms with Crippen molar-refractivity contribution in [1.29, 1.82) is 0 Å². The maximum absolute atomic E-state index is 12.2. The lowest BCUT2D eigenvalue weighted by atomic mass is 10.2. The quantitative estimate of drug-likeness (QED) is 0.804. The first kappa shape index (κ1) is 15.0. The van der Waals surface area contributed by atoms with E-state index in [1.54, 1.807) is 30.1 Å². The lowest BCUT2D eigenvalue weighted by Gasteiger charge is -2.01. The van der Waals surface area contributed by atoms with E-state index >= 15 is 0 Å². The molecule has 3 aromatic heterocycles. The number of furan rings is 1. The van der Waals surface area contributed by atoms with Crippen molar-refractivity contribution in [2.24, 2.45) is 7.05 Å². The zero-order chi connectivity index (χ0) is 16.4. The molecule has 0 saturated heterocycles. The van der Waals surface area contributed by atoms with Crippen LogP contribution in [0.25, 0.3) is 11.3 Å². The number of amides is 1. The summed E-state index contributed by atoms with van der Waals surface area (Å²) in [7, 11) is 1.88. The minimum absolute atomic E-state index is 0.157. The molecule has 0 aliphatic rings. The molecule has 0 aromatic carbocycles. The molecule has 1 amide bonds. The molecule has 6 heteroatoms. The van der Waals surface area contributed by atoms with Gasteiger partial charge in [-0.1, -0.05) is 0 Å². The Labute approximate surface area is 134 Å². The van der Waals surface area contributed by atoms with Gasteiger partial charge in [0.1, 0.15) is 11.5 Å². The molecule has 0 radical (unpaired) electrons. The summed E-state index contributed by atoms with van der Waals surface area (Å²) < 4.78 is 7.18. The molecule has 0 aliphatic heterocycles. The van der Waals surface area contributed by atoms with E-state index < -0.39 is 0 Å². The zero-order valence-corrected chi connectivity index (χ0v) is 13.3. The number of nitrogens with zero attached hydrogens (tertiary/aromatic N) is 3. The van der Waals surface area contributed by atoms with Gasteiger partial charge in [0.05, 0.1) is 23.5 Å². The van der Waals surface area contributed by atoms with Crippen molar-refractivity contribution in [2.75, 3.05) is 0 Å². The number of aromatic nitrogens is 3. The second-order valence-electron chi connectivity index (χ2n) is 5.39. The van der Waals surface area contributed by atoms with Gasteiger partial charge in [-0.2, -0.15) is 5.10 Å². The lowest BCUT2D eigenvalue weighted by Crippen LogP contribution is -2.23. The number of aryl methyl sites for hydroxylation is 3. The molecule has 0 atom stereocenters. The summed E-state index contributed by atoms with van der Waals surface area (Å²) in [6.07, 6.45) is 3.49. The Morgan fingerprint density at radius 3 is 2.65 bits per heavy atom. The molecule has 3 aromatic rings. The standard InChI is InChI=1S/C17H18N4O2/c1-11-8-15(12(2)23-11)17(22)19-10-14-9-16(21(3)20-14)13-4-6-18-7-5-13/h4-9H,10H2,1-3H3,(H,19,22). The summed E-state index contributed by atoms with van der Waals surface area (Å²) in [6, 6.07) is 7.56. The summed E-state index contributed by atoms with van der Waals surface area (Å²) in [6.45, 7) is 3.97. The van der Waals surface area contributed by atoms with Gasteiger partial charge in [0.25, 0.3) is 5.91 Å². The van der Waals surface area contributed by atoms with Crippen LogP contribution in [0.2, 0.25) is 0 Å². The average Bonchev–Trinajstić information content (AvgIpc) is 3.08. The molecule has 23 heavy (non-hydrogen) atoms. The number of hydrogen-bond acceptors (Lipinski definition) is 4. The minimum Gasteiger partial charge on any atom is -0.466 e. The van der Waals surface area contributed by atoms with Crippen LogP contribution in [-0.2, 0) is 13.6 Å². The number of carbonyl (C=O) groups is 1. The van der Waals surface area contributed by atoms with Gasteiger partial charge in [0, 0.05) is 25.0 Å². The highest BCUT2D eigenvalue weighted by Gasteiger charge is 2.14. The number of hydrogen-bond donors (Lipinski definition) is 1. The van der Waals surface area contributed by atoms with Gasteiger partial charge in [0.15, 0.2) is 0 Å². The molecule has 0 unspecified atom stereocenters. The second-order valence-corrected chi connectivity index (χ2v) is 5.39.